The molecule has 1 N–H and O–H groups in total. The SMILES string of the molecule is [CH2]CCc1cccc(C(=O)NCc2ccccc2)c1. The lowest BCUT2D eigenvalue weighted by molar-refractivity contribution is 0.0951. The van der Waals surface area contributed by atoms with Gasteiger partial charge in [0, 0.05) is 12.1 Å². The third-order valence-electron chi connectivity index (χ3n) is 2.95. The number of rotatable bonds is 5. The minimum Gasteiger partial charge on any atom is -0.348 e. The lowest BCUT2D eigenvalue weighted by Gasteiger charge is -2.07. The lowest BCUT2D eigenvalue weighted by Crippen LogP contribution is -2.22. The molecule has 0 fully saturated rings. The summed E-state index contributed by atoms with van der Waals surface area (Å²) in [7, 11) is 0. The van der Waals surface area contributed by atoms with Crippen molar-refractivity contribution >= 4 is 5.91 Å². The molecule has 0 aliphatic heterocycles. The molecule has 0 bridgehead atoms. The van der Waals surface area contributed by atoms with E-state index in [-0.39, 0.29) is 5.91 Å². The van der Waals surface area contributed by atoms with Gasteiger partial charge >= 0.3 is 0 Å². The van der Waals surface area contributed by atoms with Crippen molar-refractivity contribution in [2.75, 3.05) is 0 Å². The second kappa shape index (κ2) is 6.74. The molecule has 0 spiro atoms. The van der Waals surface area contributed by atoms with Crippen LogP contribution in [0.15, 0.2) is 54.6 Å². The van der Waals surface area contributed by atoms with Crippen LogP contribution in [0.3, 0.4) is 0 Å². The molecule has 2 rings (SSSR count). The standard InChI is InChI=1S/C17H18NO/c1-2-7-14-10-6-11-16(12-14)17(19)18-13-15-8-4-3-5-9-15/h3-6,8-12H,1-2,7,13H2,(H,18,19). The van der Waals surface area contributed by atoms with Crippen LogP contribution in [0.5, 0.6) is 0 Å². The Hall–Kier alpha value is -2.09. The fraction of sp³-hybridized carbons (Fsp3) is 0.176. The zero-order valence-electron chi connectivity index (χ0n) is 10.9. The smallest absolute Gasteiger partial charge is 0.251 e. The molecule has 0 atom stereocenters. The Balaban J connectivity index is 1.98. The maximum absolute atomic E-state index is 12.0. The van der Waals surface area contributed by atoms with Crippen LogP contribution in [0.4, 0.5) is 0 Å². The minimum absolute atomic E-state index is 0.0326. The number of amides is 1. The van der Waals surface area contributed by atoms with E-state index in [1.165, 1.54) is 0 Å². The second-order valence-corrected chi connectivity index (χ2v) is 4.47. The predicted molar refractivity (Wildman–Crippen MR) is 77.7 cm³/mol. The molecule has 19 heavy (non-hydrogen) atoms. The molecule has 97 valence electrons. The quantitative estimate of drug-likeness (QED) is 0.868. The first-order valence-corrected chi connectivity index (χ1v) is 6.50. The van der Waals surface area contributed by atoms with E-state index >= 15 is 0 Å². The van der Waals surface area contributed by atoms with Crippen molar-refractivity contribution in [3.05, 3.63) is 78.2 Å². The molecule has 0 aliphatic carbocycles. The Bertz CT molecular complexity index is 534. The van der Waals surface area contributed by atoms with E-state index in [2.05, 4.69) is 12.2 Å². The molecular weight excluding hydrogens is 234 g/mol. The molecule has 1 amide bonds. The summed E-state index contributed by atoms with van der Waals surface area (Å²) in [6.07, 6.45) is 1.74. The van der Waals surface area contributed by atoms with E-state index in [9.17, 15) is 4.79 Å². The number of carbonyl (C=O) groups is 1. The highest BCUT2D eigenvalue weighted by Gasteiger charge is 2.05. The Morgan fingerprint density at radius 2 is 1.74 bits per heavy atom. The summed E-state index contributed by atoms with van der Waals surface area (Å²) in [5, 5.41) is 2.93. The number of hydrogen-bond donors (Lipinski definition) is 1. The second-order valence-electron chi connectivity index (χ2n) is 4.47. The molecule has 0 saturated carbocycles. The summed E-state index contributed by atoms with van der Waals surface area (Å²) in [5.74, 6) is -0.0326. The zero-order chi connectivity index (χ0) is 13.5. The van der Waals surface area contributed by atoms with E-state index in [1.54, 1.807) is 0 Å². The van der Waals surface area contributed by atoms with Crippen molar-refractivity contribution in [2.45, 2.75) is 19.4 Å². The Labute approximate surface area is 114 Å². The van der Waals surface area contributed by atoms with E-state index in [0.717, 1.165) is 24.0 Å². The van der Waals surface area contributed by atoms with Gasteiger partial charge < -0.3 is 5.32 Å². The highest BCUT2D eigenvalue weighted by Crippen LogP contribution is 2.08. The van der Waals surface area contributed by atoms with Crippen molar-refractivity contribution < 1.29 is 4.79 Å². The molecule has 1 radical (unpaired) electrons. The molecule has 0 heterocycles. The van der Waals surface area contributed by atoms with Crippen LogP contribution in [0, 0.1) is 6.92 Å². The maximum Gasteiger partial charge on any atom is 0.251 e. The van der Waals surface area contributed by atoms with Crippen LogP contribution in [-0.2, 0) is 13.0 Å². The summed E-state index contributed by atoms with van der Waals surface area (Å²) in [4.78, 5) is 12.0. The van der Waals surface area contributed by atoms with Gasteiger partial charge in [0.2, 0.25) is 0 Å². The molecule has 2 aromatic rings. The zero-order valence-corrected chi connectivity index (χ0v) is 10.9. The largest absolute Gasteiger partial charge is 0.348 e. The van der Waals surface area contributed by atoms with Gasteiger partial charge in [-0.15, -0.1) is 0 Å². The van der Waals surface area contributed by atoms with Crippen LogP contribution in [-0.4, -0.2) is 5.91 Å². The number of aryl methyl sites for hydroxylation is 1. The predicted octanol–water partition coefficient (Wildman–Crippen LogP) is 3.38. The van der Waals surface area contributed by atoms with E-state index in [0.29, 0.717) is 12.1 Å². The third-order valence-corrected chi connectivity index (χ3v) is 2.95. The molecule has 0 unspecified atom stereocenters. The maximum atomic E-state index is 12.0. The van der Waals surface area contributed by atoms with Crippen molar-refractivity contribution in [1.29, 1.82) is 0 Å². The third kappa shape index (κ3) is 3.95. The van der Waals surface area contributed by atoms with E-state index in [4.69, 9.17) is 0 Å². The molecule has 2 nitrogen and oxygen atoms in total. The topological polar surface area (TPSA) is 29.1 Å². The van der Waals surface area contributed by atoms with Crippen LogP contribution >= 0.6 is 0 Å². The number of benzene rings is 2. The first kappa shape index (κ1) is 13.3. The summed E-state index contributed by atoms with van der Waals surface area (Å²) in [6, 6.07) is 17.6. The van der Waals surface area contributed by atoms with Crippen LogP contribution in [0.1, 0.15) is 27.9 Å². The van der Waals surface area contributed by atoms with Gasteiger partial charge in [0.1, 0.15) is 0 Å². The Morgan fingerprint density at radius 3 is 2.47 bits per heavy atom. The van der Waals surface area contributed by atoms with Gasteiger partial charge in [-0.25, -0.2) is 0 Å². The normalized spacial score (nSPS) is 10.2. The molecule has 0 aliphatic rings. The monoisotopic (exact) mass is 252 g/mol. The number of hydrogen-bond acceptors (Lipinski definition) is 1. The Kier molecular flexibility index (Phi) is 4.73. The van der Waals surface area contributed by atoms with E-state index < -0.39 is 0 Å². The fourth-order valence-corrected chi connectivity index (χ4v) is 1.95. The summed E-state index contributed by atoms with van der Waals surface area (Å²) in [6.45, 7) is 4.39. The summed E-state index contributed by atoms with van der Waals surface area (Å²) >= 11 is 0. The van der Waals surface area contributed by atoms with Gasteiger partial charge in [-0.1, -0.05) is 49.4 Å². The van der Waals surface area contributed by atoms with Gasteiger partial charge in [0.15, 0.2) is 0 Å². The van der Waals surface area contributed by atoms with Gasteiger partial charge in [-0.05, 0) is 36.1 Å². The summed E-state index contributed by atoms with van der Waals surface area (Å²) < 4.78 is 0. The van der Waals surface area contributed by atoms with Crippen LogP contribution in [0.25, 0.3) is 0 Å². The van der Waals surface area contributed by atoms with Gasteiger partial charge in [-0.3, -0.25) is 4.79 Å². The molecular formula is C17H18NO. The average molecular weight is 252 g/mol. The van der Waals surface area contributed by atoms with Gasteiger partial charge in [0.05, 0.1) is 0 Å². The van der Waals surface area contributed by atoms with Crippen LogP contribution in [0.2, 0.25) is 0 Å². The number of carbonyl (C=O) groups excluding carboxylic acids is 1. The first-order chi connectivity index (χ1) is 9.29. The molecule has 0 aromatic heterocycles. The lowest BCUT2D eigenvalue weighted by atomic mass is 10.1. The minimum atomic E-state index is -0.0326. The molecule has 2 heteroatoms. The fourth-order valence-electron chi connectivity index (χ4n) is 1.95. The van der Waals surface area contributed by atoms with Crippen molar-refractivity contribution in [3.8, 4) is 0 Å². The first-order valence-electron chi connectivity index (χ1n) is 6.50. The van der Waals surface area contributed by atoms with Gasteiger partial charge in [0.25, 0.3) is 5.91 Å². The highest BCUT2D eigenvalue weighted by atomic mass is 16.1. The van der Waals surface area contributed by atoms with Gasteiger partial charge in [-0.2, -0.15) is 0 Å². The van der Waals surface area contributed by atoms with Crippen molar-refractivity contribution in [1.82, 2.24) is 5.32 Å². The van der Waals surface area contributed by atoms with Crippen LogP contribution < -0.4 is 5.32 Å². The van der Waals surface area contributed by atoms with Crippen molar-refractivity contribution in [3.63, 3.8) is 0 Å². The van der Waals surface area contributed by atoms with Crippen molar-refractivity contribution in [2.24, 2.45) is 0 Å². The molecule has 0 saturated heterocycles. The highest BCUT2D eigenvalue weighted by molar-refractivity contribution is 5.94. The number of nitrogens with one attached hydrogen (secondary N) is 1. The Morgan fingerprint density at radius 1 is 1.00 bits per heavy atom. The molecule has 2 aromatic carbocycles. The van der Waals surface area contributed by atoms with E-state index in [1.807, 2.05) is 54.6 Å². The summed E-state index contributed by atoms with van der Waals surface area (Å²) in [5.41, 5.74) is 2.97. The average Bonchev–Trinajstić information content (AvgIpc) is 2.46.